The molecule has 0 bridgehead atoms. The Balaban J connectivity index is 1.89. The van der Waals surface area contributed by atoms with Crippen LogP contribution in [0.5, 0.6) is 0 Å². The maximum Gasteiger partial charge on any atom is 0.255 e. The van der Waals surface area contributed by atoms with Crippen LogP contribution < -0.4 is 4.90 Å². The molecule has 132 valence electrons. The van der Waals surface area contributed by atoms with Gasteiger partial charge in [0.05, 0.1) is 0 Å². The van der Waals surface area contributed by atoms with Gasteiger partial charge in [-0.15, -0.1) is 0 Å². The van der Waals surface area contributed by atoms with Gasteiger partial charge >= 0.3 is 0 Å². The molecule has 1 aliphatic rings. The SMILES string of the molecule is CC(C)C[C@H](C(=O)N(C)c1nccn1C)N1Cc2ccccc2C1=O. The second-order valence-corrected chi connectivity index (χ2v) is 6.97. The summed E-state index contributed by atoms with van der Waals surface area (Å²) in [6.45, 7) is 4.61. The summed E-state index contributed by atoms with van der Waals surface area (Å²) in [6.07, 6.45) is 4.08. The Bertz CT molecular complexity index is 796. The molecule has 2 heterocycles. The molecule has 1 aliphatic heterocycles. The lowest BCUT2D eigenvalue weighted by molar-refractivity contribution is -0.123. The number of rotatable bonds is 5. The lowest BCUT2D eigenvalue weighted by atomic mass is 10.0. The number of imidazole rings is 1. The van der Waals surface area contributed by atoms with Crippen molar-refractivity contribution >= 4 is 17.8 Å². The molecule has 2 aromatic rings. The minimum atomic E-state index is -0.499. The minimum absolute atomic E-state index is 0.0668. The highest BCUT2D eigenvalue weighted by Crippen LogP contribution is 2.28. The number of amides is 2. The van der Waals surface area contributed by atoms with Crippen molar-refractivity contribution in [3.63, 3.8) is 0 Å². The molecule has 6 nitrogen and oxygen atoms in total. The molecule has 3 rings (SSSR count). The zero-order valence-electron chi connectivity index (χ0n) is 15.1. The van der Waals surface area contributed by atoms with Gasteiger partial charge in [-0.3, -0.25) is 14.5 Å². The highest BCUT2D eigenvalue weighted by atomic mass is 16.2. The summed E-state index contributed by atoms with van der Waals surface area (Å²) in [6, 6.07) is 7.07. The van der Waals surface area contributed by atoms with Crippen molar-refractivity contribution in [1.82, 2.24) is 14.5 Å². The van der Waals surface area contributed by atoms with Crippen molar-refractivity contribution < 1.29 is 9.59 Å². The normalized spacial score (nSPS) is 14.8. The van der Waals surface area contributed by atoms with Gasteiger partial charge in [-0.2, -0.15) is 0 Å². The number of hydrogen-bond acceptors (Lipinski definition) is 3. The first-order chi connectivity index (χ1) is 11.9. The molecule has 0 aliphatic carbocycles. The fourth-order valence-electron chi connectivity index (χ4n) is 3.34. The molecule has 25 heavy (non-hydrogen) atoms. The molecule has 0 saturated carbocycles. The third kappa shape index (κ3) is 3.16. The Kier molecular flexibility index (Phi) is 4.61. The Labute approximate surface area is 148 Å². The maximum absolute atomic E-state index is 13.2. The van der Waals surface area contributed by atoms with Crippen molar-refractivity contribution in [2.24, 2.45) is 13.0 Å². The topological polar surface area (TPSA) is 58.4 Å². The van der Waals surface area contributed by atoms with Gasteiger partial charge in [-0.25, -0.2) is 4.98 Å². The van der Waals surface area contributed by atoms with E-state index in [4.69, 9.17) is 0 Å². The number of benzene rings is 1. The van der Waals surface area contributed by atoms with Crippen molar-refractivity contribution in [2.75, 3.05) is 11.9 Å². The first-order valence-electron chi connectivity index (χ1n) is 8.54. The molecule has 0 unspecified atom stereocenters. The van der Waals surface area contributed by atoms with E-state index in [1.165, 1.54) is 0 Å². The molecule has 2 amide bonds. The molecule has 1 aromatic carbocycles. The van der Waals surface area contributed by atoms with Gasteiger partial charge in [0.25, 0.3) is 11.8 Å². The highest BCUT2D eigenvalue weighted by Gasteiger charge is 2.38. The Hall–Kier alpha value is -2.63. The molecule has 0 N–H and O–H groups in total. The minimum Gasteiger partial charge on any atom is -0.322 e. The van der Waals surface area contributed by atoms with Crippen LogP contribution in [0.3, 0.4) is 0 Å². The summed E-state index contributed by atoms with van der Waals surface area (Å²) in [5.41, 5.74) is 1.68. The molecule has 0 spiro atoms. The van der Waals surface area contributed by atoms with E-state index >= 15 is 0 Å². The third-order valence-corrected chi connectivity index (χ3v) is 4.63. The van der Waals surface area contributed by atoms with Crippen LogP contribution in [-0.4, -0.2) is 39.4 Å². The van der Waals surface area contributed by atoms with Gasteiger partial charge in [0.1, 0.15) is 6.04 Å². The highest BCUT2D eigenvalue weighted by molar-refractivity contribution is 6.03. The van der Waals surface area contributed by atoms with Crippen LogP contribution in [0, 0.1) is 5.92 Å². The summed E-state index contributed by atoms with van der Waals surface area (Å²) in [7, 11) is 3.56. The van der Waals surface area contributed by atoms with Crippen LogP contribution in [0.25, 0.3) is 0 Å². The van der Waals surface area contributed by atoms with E-state index in [9.17, 15) is 9.59 Å². The van der Waals surface area contributed by atoms with Crippen molar-refractivity contribution in [1.29, 1.82) is 0 Å². The lowest BCUT2D eigenvalue weighted by Crippen LogP contribution is -2.49. The number of carbonyl (C=O) groups excluding carboxylic acids is 2. The van der Waals surface area contributed by atoms with E-state index in [2.05, 4.69) is 18.8 Å². The fourth-order valence-corrected chi connectivity index (χ4v) is 3.34. The zero-order chi connectivity index (χ0) is 18.1. The molecule has 0 fully saturated rings. The molecule has 1 atom stereocenters. The van der Waals surface area contributed by atoms with Crippen LogP contribution in [0.4, 0.5) is 5.95 Å². The number of aromatic nitrogens is 2. The van der Waals surface area contributed by atoms with Crippen LogP contribution >= 0.6 is 0 Å². The summed E-state index contributed by atoms with van der Waals surface area (Å²) < 4.78 is 1.80. The Morgan fingerprint density at radius 3 is 2.64 bits per heavy atom. The first kappa shape index (κ1) is 17.2. The van der Waals surface area contributed by atoms with E-state index in [-0.39, 0.29) is 11.8 Å². The Morgan fingerprint density at radius 2 is 2.04 bits per heavy atom. The van der Waals surface area contributed by atoms with Gasteiger partial charge in [-0.05, 0) is 24.0 Å². The number of likely N-dealkylation sites (N-methyl/N-ethyl adjacent to an activating group) is 1. The van der Waals surface area contributed by atoms with E-state index in [0.717, 1.165) is 5.56 Å². The Morgan fingerprint density at radius 1 is 1.32 bits per heavy atom. The standard InChI is InChI=1S/C19H24N4O2/c1-13(2)11-16(18(25)22(4)19-20-9-10-21(19)3)23-12-14-7-5-6-8-15(14)17(23)24/h5-10,13,16H,11-12H2,1-4H3/t16-/m1/s1. The summed E-state index contributed by atoms with van der Waals surface area (Å²) in [4.78, 5) is 33.5. The number of aryl methyl sites for hydroxylation is 1. The third-order valence-electron chi connectivity index (χ3n) is 4.63. The first-order valence-corrected chi connectivity index (χ1v) is 8.54. The number of carbonyl (C=O) groups is 2. The fraction of sp³-hybridized carbons (Fsp3) is 0.421. The average molecular weight is 340 g/mol. The van der Waals surface area contributed by atoms with Crippen LogP contribution in [0.1, 0.15) is 36.2 Å². The molecular weight excluding hydrogens is 316 g/mol. The van der Waals surface area contributed by atoms with Gasteiger partial charge in [0.2, 0.25) is 5.95 Å². The van der Waals surface area contributed by atoms with Crippen LogP contribution in [0.2, 0.25) is 0 Å². The number of hydrogen-bond donors (Lipinski definition) is 0. The number of anilines is 1. The number of nitrogens with zero attached hydrogens (tertiary/aromatic N) is 4. The summed E-state index contributed by atoms with van der Waals surface area (Å²) in [5.74, 6) is 0.690. The van der Waals surface area contributed by atoms with Crippen molar-refractivity contribution in [3.05, 3.63) is 47.8 Å². The van der Waals surface area contributed by atoms with E-state index in [1.807, 2.05) is 31.3 Å². The van der Waals surface area contributed by atoms with Crippen LogP contribution in [-0.2, 0) is 18.4 Å². The average Bonchev–Trinajstić information content (AvgIpc) is 3.15. The molecular formula is C19H24N4O2. The van der Waals surface area contributed by atoms with Crippen molar-refractivity contribution in [2.45, 2.75) is 32.9 Å². The van der Waals surface area contributed by atoms with Crippen LogP contribution in [0.15, 0.2) is 36.7 Å². The van der Waals surface area contributed by atoms with E-state index in [0.29, 0.717) is 30.4 Å². The van der Waals surface area contributed by atoms with Gasteiger partial charge < -0.3 is 9.47 Å². The zero-order valence-corrected chi connectivity index (χ0v) is 15.1. The molecule has 0 saturated heterocycles. The predicted molar refractivity (Wildman–Crippen MR) is 96.2 cm³/mol. The lowest BCUT2D eigenvalue weighted by Gasteiger charge is -2.31. The quantitative estimate of drug-likeness (QED) is 0.840. The van der Waals surface area contributed by atoms with Gasteiger partial charge in [0, 0.05) is 38.6 Å². The molecule has 1 aromatic heterocycles. The second-order valence-electron chi connectivity index (χ2n) is 6.97. The second kappa shape index (κ2) is 6.70. The maximum atomic E-state index is 13.2. The molecule has 0 radical (unpaired) electrons. The van der Waals surface area contributed by atoms with Crippen molar-refractivity contribution in [3.8, 4) is 0 Å². The monoisotopic (exact) mass is 340 g/mol. The van der Waals surface area contributed by atoms with E-state index < -0.39 is 6.04 Å². The van der Waals surface area contributed by atoms with E-state index in [1.54, 1.807) is 33.8 Å². The molecule has 6 heteroatoms. The number of fused-ring (bicyclic) bond motifs is 1. The summed E-state index contributed by atoms with van der Waals surface area (Å²) >= 11 is 0. The largest absolute Gasteiger partial charge is 0.322 e. The van der Waals surface area contributed by atoms with Gasteiger partial charge in [0.15, 0.2) is 0 Å². The van der Waals surface area contributed by atoms with Gasteiger partial charge in [-0.1, -0.05) is 32.0 Å². The smallest absolute Gasteiger partial charge is 0.255 e. The summed E-state index contributed by atoms with van der Waals surface area (Å²) in [5, 5.41) is 0. The predicted octanol–water partition coefficient (Wildman–Crippen LogP) is 2.45.